The Labute approximate surface area is 193 Å². The van der Waals surface area contributed by atoms with E-state index < -0.39 is 18.0 Å². The first-order valence-electron chi connectivity index (χ1n) is 10.9. The van der Waals surface area contributed by atoms with Gasteiger partial charge in [-0.05, 0) is 61.9 Å². The van der Waals surface area contributed by atoms with E-state index in [0.717, 1.165) is 24.1 Å². The topological polar surface area (TPSA) is 68.2 Å². The molecule has 2 heterocycles. The third-order valence-corrected chi connectivity index (χ3v) is 6.59. The predicted molar refractivity (Wildman–Crippen MR) is 124 cm³/mol. The second-order valence-electron chi connectivity index (χ2n) is 8.32. The van der Waals surface area contributed by atoms with Crippen LogP contribution < -0.4 is 0 Å². The molecule has 1 unspecified atom stereocenters. The Kier molecular flexibility index (Phi) is 7.10. The quantitative estimate of drug-likeness (QED) is 0.358. The Hall–Kier alpha value is -2.86. The van der Waals surface area contributed by atoms with Gasteiger partial charge >= 0.3 is 11.9 Å². The molecular formula is C25H26N2O4S. The van der Waals surface area contributed by atoms with E-state index >= 15 is 0 Å². The molecule has 166 valence electrons. The number of nitrogens with zero attached hydrogens (tertiary/aromatic N) is 2. The van der Waals surface area contributed by atoms with Crippen LogP contribution >= 0.6 is 12.2 Å². The molecule has 7 heteroatoms. The lowest BCUT2D eigenvalue weighted by molar-refractivity contribution is -0.159. The minimum atomic E-state index is -0.481. The van der Waals surface area contributed by atoms with Gasteiger partial charge in [0.1, 0.15) is 12.0 Å². The van der Waals surface area contributed by atoms with Gasteiger partial charge in [-0.15, -0.1) is 0 Å². The summed E-state index contributed by atoms with van der Waals surface area (Å²) in [7, 11) is 2.04. The van der Waals surface area contributed by atoms with Crippen molar-refractivity contribution >= 4 is 35.0 Å². The smallest absolute Gasteiger partial charge is 0.338 e. The number of thiocarbonyl (C=S) groups is 1. The molecule has 4 rings (SSSR count). The Morgan fingerprint density at radius 2 is 1.88 bits per heavy atom. The molecule has 2 aliphatic rings. The summed E-state index contributed by atoms with van der Waals surface area (Å²) in [6.45, 7) is 0.268. The minimum Gasteiger partial charge on any atom is -0.465 e. The number of carbonyl (C=O) groups is 2. The summed E-state index contributed by atoms with van der Waals surface area (Å²) < 4.78 is 11.5. The number of carbonyl (C=O) groups excluding carboxylic acids is 2. The molecular weight excluding hydrogens is 424 g/mol. The van der Waals surface area contributed by atoms with Crippen molar-refractivity contribution in [3.8, 4) is 0 Å². The van der Waals surface area contributed by atoms with Crippen LogP contribution in [0.3, 0.4) is 0 Å². The number of isothiocyanates is 1. The number of ether oxygens (including phenoxy) is 2. The van der Waals surface area contributed by atoms with Crippen LogP contribution in [0.25, 0.3) is 0 Å². The van der Waals surface area contributed by atoms with Crippen molar-refractivity contribution in [2.45, 2.75) is 43.9 Å². The number of rotatable bonds is 7. The van der Waals surface area contributed by atoms with Crippen LogP contribution in [0.5, 0.6) is 0 Å². The molecule has 0 saturated carbocycles. The first kappa shape index (κ1) is 22.3. The molecule has 0 aromatic heterocycles. The third-order valence-electron chi connectivity index (χ3n) is 6.50. The summed E-state index contributed by atoms with van der Waals surface area (Å²) in [6.07, 6.45) is 2.67. The number of hydrogen-bond donors (Lipinski definition) is 0. The lowest BCUT2D eigenvalue weighted by Gasteiger charge is -2.40. The molecule has 2 aromatic rings. The number of benzene rings is 2. The minimum absolute atomic E-state index is 0.0293. The fourth-order valence-electron chi connectivity index (χ4n) is 4.79. The molecule has 2 aliphatic heterocycles. The van der Waals surface area contributed by atoms with Gasteiger partial charge in [-0.3, -0.25) is 9.69 Å². The van der Waals surface area contributed by atoms with E-state index in [1.807, 2.05) is 37.4 Å². The lowest BCUT2D eigenvalue weighted by atomic mass is 9.87. The molecule has 0 N–H and O–H groups in total. The summed E-state index contributed by atoms with van der Waals surface area (Å²) >= 11 is 4.61. The maximum atomic E-state index is 13.1. The molecule has 0 amide bonds. The van der Waals surface area contributed by atoms with Crippen molar-refractivity contribution in [2.75, 3.05) is 13.7 Å². The molecule has 0 aliphatic carbocycles. The van der Waals surface area contributed by atoms with Gasteiger partial charge in [-0.1, -0.05) is 30.3 Å². The van der Waals surface area contributed by atoms with Crippen molar-refractivity contribution < 1.29 is 19.1 Å². The monoisotopic (exact) mass is 450 g/mol. The molecule has 2 fully saturated rings. The van der Waals surface area contributed by atoms with Crippen LogP contribution in [-0.2, 0) is 20.7 Å². The number of esters is 2. The number of piperidine rings is 1. The van der Waals surface area contributed by atoms with Crippen molar-refractivity contribution in [2.24, 2.45) is 10.9 Å². The molecule has 0 spiro atoms. The second kappa shape index (κ2) is 10.2. The van der Waals surface area contributed by atoms with E-state index in [-0.39, 0.29) is 18.6 Å². The van der Waals surface area contributed by atoms with Crippen LogP contribution in [0.1, 0.15) is 35.2 Å². The van der Waals surface area contributed by atoms with E-state index in [2.05, 4.69) is 27.3 Å². The first-order valence-corrected chi connectivity index (χ1v) is 11.3. The zero-order valence-corrected chi connectivity index (χ0v) is 18.8. The highest BCUT2D eigenvalue weighted by molar-refractivity contribution is 7.78. The normalized spacial score (nSPS) is 24.4. The highest BCUT2D eigenvalue weighted by Crippen LogP contribution is 2.40. The lowest BCUT2D eigenvalue weighted by Crippen LogP contribution is -2.53. The van der Waals surface area contributed by atoms with Crippen LogP contribution in [-0.4, -0.2) is 53.8 Å². The number of fused-ring (bicyclic) bond motifs is 2. The third kappa shape index (κ3) is 4.96. The molecule has 32 heavy (non-hydrogen) atoms. The SMILES string of the molecule is CN1C2CC[C@@H]1C[C@H](OC(=O)c1ccccc1)[C@@H]2C(=O)OCCc1ccc(N=C=S)cc1. The van der Waals surface area contributed by atoms with Crippen molar-refractivity contribution in [3.63, 3.8) is 0 Å². The molecule has 2 bridgehead atoms. The van der Waals surface area contributed by atoms with Gasteiger partial charge in [0.2, 0.25) is 0 Å². The second-order valence-corrected chi connectivity index (χ2v) is 8.50. The van der Waals surface area contributed by atoms with Gasteiger partial charge in [0.05, 0.1) is 23.0 Å². The number of hydrogen-bond acceptors (Lipinski definition) is 7. The molecule has 2 aromatic carbocycles. The van der Waals surface area contributed by atoms with Crippen molar-refractivity contribution in [1.29, 1.82) is 0 Å². The average Bonchev–Trinajstić information content (AvgIpc) is 3.04. The largest absolute Gasteiger partial charge is 0.465 e. The average molecular weight is 451 g/mol. The zero-order chi connectivity index (χ0) is 22.5. The van der Waals surface area contributed by atoms with E-state index in [4.69, 9.17) is 9.47 Å². The maximum Gasteiger partial charge on any atom is 0.338 e. The Morgan fingerprint density at radius 3 is 2.59 bits per heavy atom. The van der Waals surface area contributed by atoms with Gasteiger partial charge in [-0.2, -0.15) is 4.99 Å². The highest BCUT2D eigenvalue weighted by Gasteiger charge is 2.51. The van der Waals surface area contributed by atoms with Gasteiger partial charge in [0.25, 0.3) is 0 Å². The summed E-state index contributed by atoms with van der Waals surface area (Å²) in [5.41, 5.74) is 2.27. The van der Waals surface area contributed by atoms with Crippen LogP contribution in [0.2, 0.25) is 0 Å². The van der Waals surface area contributed by atoms with Crippen molar-refractivity contribution in [1.82, 2.24) is 4.90 Å². The first-order chi connectivity index (χ1) is 15.6. The maximum absolute atomic E-state index is 13.1. The van der Waals surface area contributed by atoms with Crippen LogP contribution in [0, 0.1) is 5.92 Å². The molecule has 0 radical (unpaired) electrons. The van der Waals surface area contributed by atoms with E-state index in [1.165, 1.54) is 0 Å². The summed E-state index contributed by atoms with van der Waals surface area (Å²) in [5, 5.41) is 2.34. The Morgan fingerprint density at radius 1 is 1.12 bits per heavy atom. The highest BCUT2D eigenvalue weighted by atomic mass is 32.1. The zero-order valence-electron chi connectivity index (χ0n) is 18.0. The van der Waals surface area contributed by atoms with Crippen molar-refractivity contribution in [3.05, 3.63) is 65.7 Å². The van der Waals surface area contributed by atoms with E-state index in [1.54, 1.807) is 24.3 Å². The van der Waals surface area contributed by atoms with Gasteiger partial charge < -0.3 is 9.47 Å². The van der Waals surface area contributed by atoms with Crippen LogP contribution in [0.4, 0.5) is 5.69 Å². The molecule has 6 nitrogen and oxygen atoms in total. The molecule has 2 saturated heterocycles. The number of aliphatic imine (C=N–C) groups is 1. The summed E-state index contributed by atoms with van der Waals surface area (Å²) in [4.78, 5) is 32.0. The van der Waals surface area contributed by atoms with E-state index in [0.29, 0.717) is 24.4 Å². The summed E-state index contributed by atoms with van der Waals surface area (Å²) in [6, 6.07) is 16.8. The predicted octanol–water partition coefficient (Wildman–Crippen LogP) is 4.21. The summed E-state index contributed by atoms with van der Waals surface area (Å²) in [5.74, 6) is -1.17. The van der Waals surface area contributed by atoms with E-state index in [9.17, 15) is 9.59 Å². The Balaban J connectivity index is 1.40. The fraction of sp³-hybridized carbons (Fsp3) is 0.400. The fourth-order valence-corrected chi connectivity index (χ4v) is 4.89. The molecule has 4 atom stereocenters. The van der Waals surface area contributed by atoms with Gasteiger partial charge in [0, 0.05) is 24.9 Å². The van der Waals surface area contributed by atoms with Gasteiger partial charge in [0.15, 0.2) is 0 Å². The van der Waals surface area contributed by atoms with Gasteiger partial charge in [-0.25, -0.2) is 4.79 Å². The Bertz CT molecular complexity index is 1000. The van der Waals surface area contributed by atoms with Crippen LogP contribution in [0.15, 0.2) is 59.6 Å². The standard InChI is InChI=1S/C25H26N2O4S/c1-27-20-11-12-21(27)23(22(15-20)31-24(28)18-5-3-2-4-6-18)25(29)30-14-13-17-7-9-19(10-8-17)26-16-32/h2-10,20-23H,11-15H2,1H3/t20-,21?,22+,23-/m1/s1.